The van der Waals surface area contributed by atoms with Crippen LogP contribution in [0.2, 0.25) is 0 Å². The standard InChI is InChI=1S/C13H17N3OS/c1-3-10(9-14-5-1)7-13-15-12(16-17-13)8-11-4-2-6-18-11/h2,4,6,10,14H,1,3,5,7-9H2. The lowest BCUT2D eigenvalue weighted by molar-refractivity contribution is 0.314. The van der Waals surface area contributed by atoms with Crippen LogP contribution in [0.3, 0.4) is 0 Å². The maximum Gasteiger partial charge on any atom is 0.226 e. The van der Waals surface area contributed by atoms with Crippen LogP contribution in [0.4, 0.5) is 0 Å². The molecule has 0 saturated carbocycles. The first kappa shape index (κ1) is 11.9. The zero-order valence-corrected chi connectivity index (χ0v) is 11.1. The minimum absolute atomic E-state index is 0.647. The van der Waals surface area contributed by atoms with Crippen LogP contribution < -0.4 is 5.32 Å². The Morgan fingerprint density at radius 1 is 1.50 bits per heavy atom. The molecule has 1 N–H and O–H groups in total. The molecule has 2 aromatic heterocycles. The van der Waals surface area contributed by atoms with Gasteiger partial charge in [0.2, 0.25) is 5.89 Å². The summed E-state index contributed by atoms with van der Waals surface area (Å²) in [7, 11) is 0. The minimum Gasteiger partial charge on any atom is -0.339 e. The third-order valence-electron chi connectivity index (χ3n) is 3.28. The number of piperidine rings is 1. The molecule has 4 nitrogen and oxygen atoms in total. The van der Waals surface area contributed by atoms with Gasteiger partial charge in [0.25, 0.3) is 0 Å². The van der Waals surface area contributed by atoms with Gasteiger partial charge in [-0.15, -0.1) is 11.3 Å². The highest BCUT2D eigenvalue weighted by atomic mass is 32.1. The maximum absolute atomic E-state index is 5.33. The van der Waals surface area contributed by atoms with E-state index in [9.17, 15) is 0 Å². The molecule has 0 radical (unpaired) electrons. The summed E-state index contributed by atoms with van der Waals surface area (Å²) in [4.78, 5) is 5.76. The first-order valence-corrected chi connectivity index (χ1v) is 7.32. The number of hydrogen-bond donors (Lipinski definition) is 1. The van der Waals surface area contributed by atoms with Gasteiger partial charge < -0.3 is 9.84 Å². The monoisotopic (exact) mass is 263 g/mol. The Balaban J connectivity index is 1.59. The van der Waals surface area contributed by atoms with E-state index in [-0.39, 0.29) is 0 Å². The summed E-state index contributed by atoms with van der Waals surface area (Å²) in [5.74, 6) is 2.24. The van der Waals surface area contributed by atoms with Crippen LogP contribution in [0.5, 0.6) is 0 Å². The van der Waals surface area contributed by atoms with Gasteiger partial charge in [0, 0.05) is 17.7 Å². The second kappa shape index (κ2) is 5.63. The molecule has 0 spiro atoms. The molecule has 5 heteroatoms. The highest BCUT2D eigenvalue weighted by Gasteiger charge is 2.17. The Morgan fingerprint density at radius 3 is 3.28 bits per heavy atom. The molecule has 1 aliphatic heterocycles. The van der Waals surface area contributed by atoms with Gasteiger partial charge in [0.05, 0.1) is 0 Å². The van der Waals surface area contributed by atoms with Crippen molar-refractivity contribution in [1.29, 1.82) is 0 Å². The Kier molecular flexibility index (Phi) is 3.71. The molecule has 0 aliphatic carbocycles. The lowest BCUT2D eigenvalue weighted by atomic mass is 9.96. The van der Waals surface area contributed by atoms with Crippen molar-refractivity contribution in [2.75, 3.05) is 13.1 Å². The van der Waals surface area contributed by atoms with Crippen LogP contribution >= 0.6 is 11.3 Å². The number of nitrogens with one attached hydrogen (secondary N) is 1. The second-order valence-electron chi connectivity index (χ2n) is 4.78. The summed E-state index contributed by atoms with van der Waals surface area (Å²) in [6.07, 6.45) is 4.20. The third kappa shape index (κ3) is 2.97. The van der Waals surface area contributed by atoms with E-state index in [0.29, 0.717) is 5.92 Å². The fourth-order valence-electron chi connectivity index (χ4n) is 2.36. The van der Waals surface area contributed by atoms with Crippen molar-refractivity contribution in [3.8, 4) is 0 Å². The molecule has 2 aromatic rings. The van der Waals surface area contributed by atoms with E-state index in [1.165, 1.54) is 17.7 Å². The lowest BCUT2D eigenvalue weighted by Crippen LogP contribution is -2.30. The summed E-state index contributed by atoms with van der Waals surface area (Å²) >= 11 is 1.73. The van der Waals surface area contributed by atoms with Gasteiger partial charge in [-0.2, -0.15) is 4.98 Å². The Bertz CT molecular complexity index is 474. The number of thiophene rings is 1. The number of nitrogens with zero attached hydrogens (tertiary/aromatic N) is 2. The van der Waals surface area contributed by atoms with E-state index in [4.69, 9.17) is 4.52 Å². The molecular weight excluding hydrogens is 246 g/mol. The number of rotatable bonds is 4. The molecule has 1 aliphatic rings. The van der Waals surface area contributed by atoms with Gasteiger partial charge in [-0.05, 0) is 43.3 Å². The van der Waals surface area contributed by atoms with Crippen LogP contribution in [-0.4, -0.2) is 23.2 Å². The Labute approximate surface area is 110 Å². The molecule has 18 heavy (non-hydrogen) atoms. The zero-order valence-electron chi connectivity index (χ0n) is 10.3. The van der Waals surface area contributed by atoms with E-state index < -0.39 is 0 Å². The van der Waals surface area contributed by atoms with E-state index in [1.54, 1.807) is 11.3 Å². The van der Waals surface area contributed by atoms with Crippen LogP contribution in [0.1, 0.15) is 29.4 Å². The summed E-state index contributed by atoms with van der Waals surface area (Å²) < 4.78 is 5.33. The second-order valence-corrected chi connectivity index (χ2v) is 5.81. The largest absolute Gasteiger partial charge is 0.339 e. The first-order chi connectivity index (χ1) is 8.90. The van der Waals surface area contributed by atoms with E-state index >= 15 is 0 Å². The molecule has 3 rings (SSSR count). The van der Waals surface area contributed by atoms with Gasteiger partial charge in [0.1, 0.15) is 0 Å². The molecule has 1 atom stereocenters. The normalized spacial score (nSPS) is 20.1. The van der Waals surface area contributed by atoms with Crippen LogP contribution in [0, 0.1) is 5.92 Å². The number of hydrogen-bond acceptors (Lipinski definition) is 5. The maximum atomic E-state index is 5.33. The average Bonchev–Trinajstić information content (AvgIpc) is 3.03. The highest BCUT2D eigenvalue weighted by molar-refractivity contribution is 7.09. The van der Waals surface area contributed by atoms with Crippen LogP contribution in [0.15, 0.2) is 22.0 Å². The van der Waals surface area contributed by atoms with E-state index in [1.807, 2.05) is 0 Å². The third-order valence-corrected chi connectivity index (χ3v) is 4.16. The molecular formula is C13H17N3OS. The number of aromatic nitrogens is 2. The Hall–Kier alpha value is -1.20. The molecule has 96 valence electrons. The van der Waals surface area contributed by atoms with Crippen LogP contribution in [0.25, 0.3) is 0 Å². The SMILES string of the molecule is c1csc(Cc2noc(CC3CCCNC3)n2)c1. The fourth-order valence-corrected chi connectivity index (χ4v) is 3.06. The van der Waals surface area contributed by atoms with Gasteiger partial charge in [0.15, 0.2) is 5.82 Å². The van der Waals surface area contributed by atoms with E-state index in [0.717, 1.165) is 37.6 Å². The van der Waals surface area contributed by atoms with Crippen molar-refractivity contribution >= 4 is 11.3 Å². The van der Waals surface area contributed by atoms with Crippen molar-refractivity contribution in [3.63, 3.8) is 0 Å². The highest BCUT2D eigenvalue weighted by Crippen LogP contribution is 2.17. The predicted octanol–water partition coefficient (Wildman–Crippen LogP) is 2.26. The molecule has 1 unspecified atom stereocenters. The zero-order chi connectivity index (χ0) is 12.2. The van der Waals surface area contributed by atoms with Gasteiger partial charge in [-0.25, -0.2) is 0 Å². The summed E-state index contributed by atoms with van der Waals surface area (Å²) in [6.45, 7) is 2.21. The molecule has 0 aromatic carbocycles. The van der Waals surface area contributed by atoms with Crippen LogP contribution in [-0.2, 0) is 12.8 Å². The topological polar surface area (TPSA) is 51.0 Å². The quantitative estimate of drug-likeness (QED) is 0.919. The van der Waals surface area contributed by atoms with Gasteiger partial charge in [-0.1, -0.05) is 11.2 Å². The van der Waals surface area contributed by atoms with Crippen molar-refractivity contribution in [3.05, 3.63) is 34.1 Å². The average molecular weight is 263 g/mol. The first-order valence-electron chi connectivity index (χ1n) is 6.45. The lowest BCUT2D eigenvalue weighted by Gasteiger charge is -2.20. The van der Waals surface area contributed by atoms with Gasteiger partial charge in [-0.3, -0.25) is 0 Å². The predicted molar refractivity (Wildman–Crippen MR) is 70.7 cm³/mol. The smallest absolute Gasteiger partial charge is 0.226 e. The van der Waals surface area contributed by atoms with Crippen molar-refractivity contribution in [2.45, 2.75) is 25.7 Å². The summed E-state index contributed by atoms with van der Waals surface area (Å²) in [5.41, 5.74) is 0. The van der Waals surface area contributed by atoms with Crippen molar-refractivity contribution < 1.29 is 4.52 Å². The molecule has 0 bridgehead atoms. The van der Waals surface area contributed by atoms with Crippen molar-refractivity contribution in [1.82, 2.24) is 15.5 Å². The van der Waals surface area contributed by atoms with Gasteiger partial charge >= 0.3 is 0 Å². The minimum atomic E-state index is 0.647. The molecule has 0 amide bonds. The van der Waals surface area contributed by atoms with Crippen molar-refractivity contribution in [2.24, 2.45) is 5.92 Å². The molecule has 1 saturated heterocycles. The molecule has 1 fully saturated rings. The summed E-state index contributed by atoms with van der Waals surface area (Å²) in [6, 6.07) is 4.15. The Morgan fingerprint density at radius 2 is 2.50 bits per heavy atom. The summed E-state index contributed by atoms with van der Waals surface area (Å²) in [5, 5.41) is 9.54. The molecule has 3 heterocycles. The van der Waals surface area contributed by atoms with E-state index in [2.05, 4.69) is 33.0 Å². The fraction of sp³-hybridized carbons (Fsp3) is 0.538.